The summed E-state index contributed by atoms with van der Waals surface area (Å²) >= 11 is 0. The van der Waals surface area contributed by atoms with Crippen LogP contribution in [0.3, 0.4) is 0 Å². The quantitative estimate of drug-likeness (QED) is 0.333. The van der Waals surface area contributed by atoms with Crippen molar-refractivity contribution in [2.75, 3.05) is 24.8 Å². The molecule has 202 valence electrons. The molecule has 3 aromatic carbocycles. The first-order valence-electron chi connectivity index (χ1n) is 13.6. The third kappa shape index (κ3) is 5.10. The average Bonchev–Trinajstić information content (AvgIpc) is 3.00. The molecule has 0 saturated heterocycles. The number of carbonyl (C=O) groups is 1. The number of hydrogen-bond donors (Lipinski definition) is 0. The highest BCUT2D eigenvalue weighted by atomic mass is 16.5. The number of aromatic nitrogens is 1. The standard InChI is InChI=1S/C33H31N3O4/c37-28-19-21-35-31(32(28)40-23-25-13-5-3-6-14-25)33(38)34-20-11-1-2-12-22-39-29-18-10-9-17-27(29)30(36(35)24-34)26-15-7-4-8-16-26/h1-10,13-19,21,30H,11-12,20,22-24H2/b2-1+/t30-/m0/s1. The van der Waals surface area contributed by atoms with Crippen LogP contribution in [-0.4, -0.2) is 35.3 Å². The molecule has 0 unspecified atom stereocenters. The second kappa shape index (κ2) is 11.5. The molecule has 0 saturated carbocycles. The van der Waals surface area contributed by atoms with Crippen LogP contribution < -0.4 is 19.9 Å². The Morgan fingerprint density at radius 2 is 1.55 bits per heavy atom. The normalized spacial score (nSPS) is 17.8. The summed E-state index contributed by atoms with van der Waals surface area (Å²) in [4.78, 5) is 29.0. The van der Waals surface area contributed by atoms with Crippen molar-refractivity contribution in [1.29, 1.82) is 0 Å². The number of carbonyl (C=O) groups excluding carboxylic acids is 1. The van der Waals surface area contributed by atoms with Crippen molar-refractivity contribution < 1.29 is 14.3 Å². The van der Waals surface area contributed by atoms with Gasteiger partial charge in [-0.3, -0.25) is 19.3 Å². The van der Waals surface area contributed by atoms with Crippen molar-refractivity contribution in [3.8, 4) is 11.5 Å². The Hall–Kier alpha value is -4.78. The van der Waals surface area contributed by atoms with Gasteiger partial charge in [0.15, 0.2) is 11.4 Å². The molecule has 0 N–H and O–H groups in total. The summed E-state index contributed by atoms with van der Waals surface area (Å²) in [7, 11) is 0. The number of benzene rings is 3. The van der Waals surface area contributed by atoms with Gasteiger partial charge in [-0.05, 0) is 30.0 Å². The first kappa shape index (κ1) is 25.5. The van der Waals surface area contributed by atoms with Gasteiger partial charge in [-0.1, -0.05) is 91.0 Å². The van der Waals surface area contributed by atoms with Crippen LogP contribution in [0.25, 0.3) is 0 Å². The molecule has 6 rings (SSSR count). The van der Waals surface area contributed by atoms with E-state index in [1.54, 1.807) is 15.8 Å². The van der Waals surface area contributed by atoms with E-state index in [2.05, 4.69) is 35.4 Å². The van der Waals surface area contributed by atoms with Gasteiger partial charge in [0.1, 0.15) is 25.1 Å². The molecule has 0 fully saturated rings. The summed E-state index contributed by atoms with van der Waals surface area (Å²) in [5.74, 6) is 0.620. The highest BCUT2D eigenvalue weighted by molar-refractivity contribution is 5.96. The molecule has 2 aliphatic rings. The fourth-order valence-corrected chi connectivity index (χ4v) is 5.31. The van der Waals surface area contributed by atoms with E-state index in [4.69, 9.17) is 9.47 Å². The van der Waals surface area contributed by atoms with Gasteiger partial charge in [0.2, 0.25) is 5.43 Å². The first-order chi connectivity index (χ1) is 19.7. The second-order valence-electron chi connectivity index (χ2n) is 9.87. The average molecular weight is 534 g/mol. The van der Waals surface area contributed by atoms with Crippen molar-refractivity contribution in [3.05, 3.63) is 142 Å². The fraction of sp³-hybridized carbons (Fsp3) is 0.212. The highest BCUT2D eigenvalue weighted by Gasteiger charge is 2.37. The molecule has 4 aromatic rings. The molecular weight excluding hydrogens is 502 g/mol. The maximum atomic E-state index is 14.0. The fourth-order valence-electron chi connectivity index (χ4n) is 5.31. The molecule has 40 heavy (non-hydrogen) atoms. The topological polar surface area (TPSA) is 64.0 Å². The summed E-state index contributed by atoms with van der Waals surface area (Å²) in [6.45, 7) is 1.58. The maximum absolute atomic E-state index is 14.0. The molecule has 1 aromatic heterocycles. The van der Waals surface area contributed by atoms with Crippen LogP contribution in [0.15, 0.2) is 114 Å². The molecule has 1 atom stereocenters. The van der Waals surface area contributed by atoms with Gasteiger partial charge in [-0.2, -0.15) is 0 Å². The number of amides is 1. The second-order valence-corrected chi connectivity index (χ2v) is 9.87. The molecule has 7 nitrogen and oxygen atoms in total. The molecule has 1 amide bonds. The van der Waals surface area contributed by atoms with Gasteiger partial charge in [-0.15, -0.1) is 0 Å². The molecule has 0 spiro atoms. The molecule has 0 aliphatic carbocycles. The predicted octanol–water partition coefficient (Wildman–Crippen LogP) is 5.30. The predicted molar refractivity (Wildman–Crippen MR) is 154 cm³/mol. The van der Waals surface area contributed by atoms with Crippen LogP contribution in [0.5, 0.6) is 11.5 Å². The van der Waals surface area contributed by atoms with E-state index in [0.717, 1.165) is 28.9 Å². The highest BCUT2D eigenvalue weighted by Crippen LogP contribution is 2.37. The van der Waals surface area contributed by atoms with Gasteiger partial charge in [0.05, 0.1) is 6.61 Å². The Kier molecular flexibility index (Phi) is 7.35. The summed E-state index contributed by atoms with van der Waals surface area (Å²) in [6.07, 6.45) is 7.32. The lowest BCUT2D eigenvalue weighted by Crippen LogP contribution is -2.55. The largest absolute Gasteiger partial charge is 0.493 e. The summed E-state index contributed by atoms with van der Waals surface area (Å²) in [6, 6.07) is 29.0. The van der Waals surface area contributed by atoms with Crippen LogP contribution in [0.1, 0.15) is 46.1 Å². The van der Waals surface area contributed by atoms with Crippen molar-refractivity contribution in [2.24, 2.45) is 0 Å². The Labute approximate surface area is 233 Å². The number of hydrogen-bond acceptors (Lipinski definition) is 5. The minimum atomic E-state index is -0.324. The van der Waals surface area contributed by atoms with Crippen LogP contribution in [0.2, 0.25) is 0 Å². The number of ether oxygens (including phenoxy) is 2. The lowest BCUT2D eigenvalue weighted by molar-refractivity contribution is 0.0679. The number of rotatable bonds is 4. The van der Waals surface area contributed by atoms with Crippen molar-refractivity contribution >= 4 is 5.91 Å². The van der Waals surface area contributed by atoms with E-state index in [0.29, 0.717) is 26.2 Å². The van der Waals surface area contributed by atoms with Gasteiger partial charge in [0, 0.05) is 24.4 Å². The lowest BCUT2D eigenvalue weighted by atomic mass is 9.97. The van der Waals surface area contributed by atoms with Gasteiger partial charge in [0.25, 0.3) is 5.91 Å². The maximum Gasteiger partial charge on any atom is 0.277 e. The minimum Gasteiger partial charge on any atom is -0.493 e. The molecular formula is C33H31N3O4. The van der Waals surface area contributed by atoms with E-state index in [1.165, 1.54) is 6.07 Å². The van der Waals surface area contributed by atoms with E-state index < -0.39 is 0 Å². The van der Waals surface area contributed by atoms with E-state index in [9.17, 15) is 9.59 Å². The Morgan fingerprint density at radius 3 is 2.38 bits per heavy atom. The summed E-state index contributed by atoms with van der Waals surface area (Å²) in [5, 5.41) is 2.12. The molecule has 0 radical (unpaired) electrons. The number of nitrogens with zero attached hydrogens (tertiary/aromatic N) is 3. The lowest BCUT2D eigenvalue weighted by Gasteiger charge is -2.44. The van der Waals surface area contributed by atoms with E-state index >= 15 is 0 Å². The van der Waals surface area contributed by atoms with Crippen molar-refractivity contribution in [2.45, 2.75) is 25.5 Å². The van der Waals surface area contributed by atoms with E-state index in [1.807, 2.05) is 66.7 Å². The Balaban J connectivity index is 1.53. The minimum absolute atomic E-state index is 0.0576. The van der Waals surface area contributed by atoms with Crippen LogP contribution >= 0.6 is 0 Å². The Morgan fingerprint density at radius 1 is 0.825 bits per heavy atom. The third-order valence-electron chi connectivity index (χ3n) is 7.24. The van der Waals surface area contributed by atoms with Crippen molar-refractivity contribution in [1.82, 2.24) is 9.58 Å². The number of pyridine rings is 1. The van der Waals surface area contributed by atoms with Crippen molar-refractivity contribution in [3.63, 3.8) is 0 Å². The third-order valence-corrected chi connectivity index (χ3v) is 7.24. The molecule has 2 aliphatic heterocycles. The summed E-state index contributed by atoms with van der Waals surface area (Å²) in [5.41, 5.74) is 2.83. The zero-order chi connectivity index (χ0) is 27.3. The van der Waals surface area contributed by atoms with Gasteiger partial charge >= 0.3 is 0 Å². The number of para-hydroxylation sites is 1. The van der Waals surface area contributed by atoms with Gasteiger partial charge in [-0.25, -0.2) is 0 Å². The van der Waals surface area contributed by atoms with Gasteiger partial charge < -0.3 is 14.4 Å². The zero-order valence-electron chi connectivity index (χ0n) is 22.2. The molecule has 3 heterocycles. The van der Waals surface area contributed by atoms with Crippen LogP contribution in [0, 0.1) is 0 Å². The monoisotopic (exact) mass is 533 g/mol. The molecule has 7 heteroatoms. The molecule has 2 bridgehead atoms. The van der Waals surface area contributed by atoms with Crippen LogP contribution in [0.4, 0.5) is 0 Å². The Bertz CT molecular complexity index is 1570. The van der Waals surface area contributed by atoms with E-state index in [-0.39, 0.29) is 35.4 Å². The smallest absolute Gasteiger partial charge is 0.277 e. The first-order valence-corrected chi connectivity index (χ1v) is 13.6. The SMILES string of the molecule is O=C1c2c(OCc3ccccc3)c(=O)ccn2N2CN1CC/C=C/CCOc1ccccc1[C@@H]2c1ccccc1. The number of fused-ring (bicyclic) bond motifs is 5. The van der Waals surface area contributed by atoms with Crippen LogP contribution in [-0.2, 0) is 6.61 Å². The zero-order valence-corrected chi connectivity index (χ0v) is 22.2. The summed E-state index contributed by atoms with van der Waals surface area (Å²) < 4.78 is 14.2.